The summed E-state index contributed by atoms with van der Waals surface area (Å²) in [6, 6.07) is 0.803. The molecule has 1 aromatic heterocycles. The molecule has 1 aliphatic carbocycles. The Balaban J connectivity index is 2.08. The Hall–Kier alpha value is -1.59. The van der Waals surface area contributed by atoms with E-state index in [-0.39, 0.29) is 5.95 Å². The molecule has 6 nitrogen and oxygen atoms in total. The van der Waals surface area contributed by atoms with Crippen molar-refractivity contribution >= 4 is 11.9 Å². The highest BCUT2D eigenvalue weighted by Crippen LogP contribution is 2.28. The molecule has 0 radical (unpaired) electrons. The maximum absolute atomic E-state index is 5.75. The van der Waals surface area contributed by atoms with E-state index in [4.69, 9.17) is 10.5 Å². The summed E-state index contributed by atoms with van der Waals surface area (Å²) >= 11 is 0. The van der Waals surface area contributed by atoms with Gasteiger partial charge in [-0.15, -0.1) is 0 Å². The van der Waals surface area contributed by atoms with Gasteiger partial charge in [-0.25, -0.2) is 0 Å². The molecule has 0 atom stereocenters. The summed E-state index contributed by atoms with van der Waals surface area (Å²) in [5, 5.41) is 0. The molecule has 20 heavy (non-hydrogen) atoms. The van der Waals surface area contributed by atoms with Crippen LogP contribution in [0.5, 0.6) is 6.01 Å². The molecule has 0 unspecified atom stereocenters. The van der Waals surface area contributed by atoms with Crippen molar-refractivity contribution in [2.24, 2.45) is 5.92 Å². The van der Waals surface area contributed by atoms with Gasteiger partial charge in [0.05, 0.1) is 6.61 Å². The monoisotopic (exact) mass is 279 g/mol. The lowest BCUT2D eigenvalue weighted by Crippen LogP contribution is -2.36. The molecule has 0 saturated heterocycles. The largest absolute Gasteiger partial charge is 0.463 e. The van der Waals surface area contributed by atoms with E-state index >= 15 is 0 Å². The van der Waals surface area contributed by atoms with Crippen LogP contribution in [0.3, 0.4) is 0 Å². The summed E-state index contributed by atoms with van der Waals surface area (Å²) in [4.78, 5) is 14.7. The zero-order valence-corrected chi connectivity index (χ0v) is 12.7. The van der Waals surface area contributed by atoms with Crippen molar-refractivity contribution in [1.82, 2.24) is 15.0 Å². The molecule has 0 amide bonds. The molecule has 0 aromatic carbocycles. The molecule has 0 spiro atoms. The smallest absolute Gasteiger partial charge is 0.323 e. The van der Waals surface area contributed by atoms with Gasteiger partial charge in [-0.3, -0.25) is 0 Å². The van der Waals surface area contributed by atoms with Crippen molar-refractivity contribution in [2.45, 2.75) is 52.0 Å². The lowest BCUT2D eigenvalue weighted by Gasteiger charge is -2.33. The summed E-state index contributed by atoms with van der Waals surface area (Å²) in [6.45, 7) is 4.95. The first kappa shape index (κ1) is 14.8. The zero-order chi connectivity index (χ0) is 14.5. The molecule has 1 aromatic rings. The maximum Gasteiger partial charge on any atom is 0.323 e. The molecular weight excluding hydrogens is 254 g/mol. The predicted octanol–water partition coefficient (Wildman–Crippen LogP) is 2.26. The normalized spacial score (nSPS) is 22.6. The quantitative estimate of drug-likeness (QED) is 0.890. The molecular formula is C14H25N5O. The predicted molar refractivity (Wildman–Crippen MR) is 79.8 cm³/mol. The Morgan fingerprint density at radius 2 is 1.90 bits per heavy atom. The van der Waals surface area contributed by atoms with Crippen LogP contribution in [0.2, 0.25) is 0 Å². The summed E-state index contributed by atoms with van der Waals surface area (Å²) in [5.74, 6) is 1.66. The van der Waals surface area contributed by atoms with Gasteiger partial charge < -0.3 is 15.4 Å². The minimum Gasteiger partial charge on any atom is -0.463 e. The van der Waals surface area contributed by atoms with Gasteiger partial charge in [0, 0.05) is 13.1 Å². The number of hydrogen-bond acceptors (Lipinski definition) is 6. The van der Waals surface area contributed by atoms with Crippen molar-refractivity contribution in [1.29, 1.82) is 0 Å². The van der Waals surface area contributed by atoms with E-state index in [2.05, 4.69) is 26.8 Å². The van der Waals surface area contributed by atoms with E-state index in [9.17, 15) is 0 Å². The Labute approximate surface area is 120 Å². The number of ether oxygens (including phenoxy) is 1. The van der Waals surface area contributed by atoms with Gasteiger partial charge in [-0.05, 0) is 38.0 Å². The highest BCUT2D eigenvalue weighted by Gasteiger charge is 2.24. The molecule has 0 aliphatic heterocycles. The molecule has 112 valence electrons. The molecule has 1 aliphatic rings. The minimum atomic E-state index is 0.220. The summed E-state index contributed by atoms with van der Waals surface area (Å²) < 4.78 is 5.46. The second-order valence-corrected chi connectivity index (χ2v) is 5.65. The number of anilines is 2. The first-order chi connectivity index (χ1) is 9.60. The number of rotatable bonds is 5. The highest BCUT2D eigenvalue weighted by molar-refractivity contribution is 5.36. The van der Waals surface area contributed by atoms with Gasteiger partial charge >= 0.3 is 6.01 Å². The third-order valence-corrected chi connectivity index (χ3v) is 3.90. The first-order valence-electron chi connectivity index (χ1n) is 7.47. The number of hydrogen-bond donors (Lipinski definition) is 1. The molecule has 6 heteroatoms. The third-order valence-electron chi connectivity index (χ3n) is 3.90. The SMILES string of the molecule is CCCOc1nc(N)nc(N(C)C2CCC(C)CC2)n1. The van der Waals surface area contributed by atoms with Gasteiger partial charge in [-0.2, -0.15) is 15.0 Å². The van der Waals surface area contributed by atoms with Gasteiger partial charge in [0.1, 0.15) is 0 Å². The molecule has 2 N–H and O–H groups in total. The average molecular weight is 279 g/mol. The second kappa shape index (κ2) is 6.72. The Kier molecular flexibility index (Phi) is 4.98. The second-order valence-electron chi connectivity index (χ2n) is 5.65. The lowest BCUT2D eigenvalue weighted by atomic mass is 9.87. The van der Waals surface area contributed by atoms with Crippen LogP contribution in [0.1, 0.15) is 46.0 Å². The maximum atomic E-state index is 5.75. The minimum absolute atomic E-state index is 0.220. The third kappa shape index (κ3) is 3.71. The van der Waals surface area contributed by atoms with Gasteiger partial charge in [0.15, 0.2) is 0 Å². The van der Waals surface area contributed by atoms with Gasteiger partial charge in [0.2, 0.25) is 11.9 Å². The van der Waals surface area contributed by atoms with E-state index in [1.54, 1.807) is 0 Å². The van der Waals surface area contributed by atoms with Crippen molar-refractivity contribution in [3.8, 4) is 6.01 Å². The van der Waals surface area contributed by atoms with E-state index in [1.807, 2.05) is 14.0 Å². The van der Waals surface area contributed by atoms with E-state index in [0.717, 1.165) is 12.3 Å². The van der Waals surface area contributed by atoms with Crippen LogP contribution in [0, 0.1) is 5.92 Å². The van der Waals surface area contributed by atoms with Gasteiger partial charge in [-0.1, -0.05) is 13.8 Å². The van der Waals surface area contributed by atoms with Crippen molar-refractivity contribution in [3.05, 3.63) is 0 Å². The molecule has 2 rings (SSSR count). The number of nitrogens with zero attached hydrogens (tertiary/aromatic N) is 4. The van der Waals surface area contributed by atoms with Crippen LogP contribution in [0.25, 0.3) is 0 Å². The van der Waals surface area contributed by atoms with Crippen LogP contribution in [0.4, 0.5) is 11.9 Å². The fourth-order valence-electron chi connectivity index (χ4n) is 2.57. The Morgan fingerprint density at radius 1 is 1.20 bits per heavy atom. The number of nitrogens with two attached hydrogens (primary N) is 1. The van der Waals surface area contributed by atoms with Crippen molar-refractivity contribution < 1.29 is 4.74 Å². The van der Waals surface area contributed by atoms with Crippen LogP contribution in [-0.4, -0.2) is 34.6 Å². The number of nitrogen functional groups attached to an aromatic ring is 1. The van der Waals surface area contributed by atoms with E-state index in [1.165, 1.54) is 25.7 Å². The van der Waals surface area contributed by atoms with E-state index in [0.29, 0.717) is 24.6 Å². The fraction of sp³-hybridized carbons (Fsp3) is 0.786. The average Bonchev–Trinajstić information content (AvgIpc) is 2.44. The fourth-order valence-corrected chi connectivity index (χ4v) is 2.57. The van der Waals surface area contributed by atoms with Gasteiger partial charge in [0.25, 0.3) is 0 Å². The first-order valence-corrected chi connectivity index (χ1v) is 7.47. The summed E-state index contributed by atoms with van der Waals surface area (Å²) in [7, 11) is 2.03. The van der Waals surface area contributed by atoms with Crippen molar-refractivity contribution in [2.75, 3.05) is 24.3 Å². The van der Waals surface area contributed by atoms with Crippen LogP contribution >= 0.6 is 0 Å². The molecule has 0 bridgehead atoms. The van der Waals surface area contributed by atoms with Crippen LogP contribution in [0.15, 0.2) is 0 Å². The van der Waals surface area contributed by atoms with Crippen LogP contribution in [-0.2, 0) is 0 Å². The standard InChI is InChI=1S/C14H25N5O/c1-4-9-20-14-17-12(15)16-13(18-14)19(3)11-7-5-10(2)6-8-11/h10-11H,4-9H2,1-3H3,(H2,15,16,17,18). The summed E-state index contributed by atoms with van der Waals surface area (Å²) in [6.07, 6.45) is 5.78. The zero-order valence-electron chi connectivity index (χ0n) is 12.7. The molecule has 1 saturated carbocycles. The number of aromatic nitrogens is 3. The lowest BCUT2D eigenvalue weighted by molar-refractivity contribution is 0.290. The molecule has 1 fully saturated rings. The summed E-state index contributed by atoms with van der Waals surface area (Å²) in [5.41, 5.74) is 5.75. The van der Waals surface area contributed by atoms with Crippen molar-refractivity contribution in [3.63, 3.8) is 0 Å². The Bertz CT molecular complexity index is 432. The van der Waals surface area contributed by atoms with E-state index < -0.39 is 0 Å². The topological polar surface area (TPSA) is 77.2 Å². The molecule has 1 heterocycles. The Morgan fingerprint density at radius 3 is 2.55 bits per heavy atom. The highest BCUT2D eigenvalue weighted by atomic mass is 16.5. The van der Waals surface area contributed by atoms with Crippen LogP contribution < -0.4 is 15.4 Å².